The van der Waals surface area contributed by atoms with Gasteiger partial charge in [0.2, 0.25) is 0 Å². The normalized spacial score (nSPS) is 9.94. The lowest BCUT2D eigenvalue weighted by molar-refractivity contribution is 0.867. The van der Waals surface area contributed by atoms with Gasteiger partial charge in [0.25, 0.3) is 0 Å². The zero-order valence-corrected chi connectivity index (χ0v) is 11.7. The van der Waals surface area contributed by atoms with Crippen LogP contribution in [0, 0.1) is 0 Å². The van der Waals surface area contributed by atoms with Crippen LogP contribution in [-0.2, 0) is 6.54 Å². The van der Waals surface area contributed by atoms with Gasteiger partial charge in [-0.15, -0.1) is 12.4 Å². The van der Waals surface area contributed by atoms with E-state index in [2.05, 4.69) is 67.7 Å². The van der Waals surface area contributed by atoms with Gasteiger partial charge in [0.15, 0.2) is 0 Å². The third kappa shape index (κ3) is 4.08. The molecule has 2 aromatic rings. The molecule has 1 N–H and O–H groups in total. The predicted molar refractivity (Wildman–Crippen MR) is 81.5 cm³/mol. The average molecular weight is 262 g/mol. The number of hydrogen-bond donors (Lipinski definition) is 1. The van der Waals surface area contributed by atoms with Crippen molar-refractivity contribution in [1.82, 2.24) is 0 Å². The molecule has 0 aliphatic carbocycles. The molecule has 1 nitrogen and oxygen atoms in total. The van der Waals surface area contributed by atoms with Gasteiger partial charge in [0.1, 0.15) is 0 Å². The van der Waals surface area contributed by atoms with Crippen LogP contribution in [0.15, 0.2) is 54.6 Å². The maximum Gasteiger partial charge on any atom is 0.0400 e. The van der Waals surface area contributed by atoms with E-state index in [1.165, 1.54) is 16.8 Å². The molecule has 2 rings (SSSR count). The molecule has 2 heteroatoms. The topological polar surface area (TPSA) is 12.0 Å². The number of halogens is 1. The Labute approximate surface area is 116 Å². The van der Waals surface area contributed by atoms with Crippen molar-refractivity contribution < 1.29 is 0 Å². The van der Waals surface area contributed by atoms with E-state index in [9.17, 15) is 0 Å². The van der Waals surface area contributed by atoms with E-state index >= 15 is 0 Å². The molecule has 96 valence electrons. The summed E-state index contributed by atoms with van der Waals surface area (Å²) in [4.78, 5) is 0. The highest BCUT2D eigenvalue weighted by molar-refractivity contribution is 5.85. The molecule has 0 unspecified atom stereocenters. The summed E-state index contributed by atoms with van der Waals surface area (Å²) in [5, 5.41) is 3.43. The summed E-state index contributed by atoms with van der Waals surface area (Å²) in [5.41, 5.74) is 3.87. The monoisotopic (exact) mass is 261 g/mol. The van der Waals surface area contributed by atoms with Gasteiger partial charge in [-0.2, -0.15) is 0 Å². The van der Waals surface area contributed by atoms with Gasteiger partial charge in [0.05, 0.1) is 0 Å². The summed E-state index contributed by atoms with van der Waals surface area (Å²) in [5.74, 6) is 0.596. The smallest absolute Gasteiger partial charge is 0.0400 e. The lowest BCUT2D eigenvalue weighted by Crippen LogP contribution is -1.99. The molecule has 0 saturated carbocycles. The summed E-state index contributed by atoms with van der Waals surface area (Å²) in [7, 11) is 0. The fraction of sp³-hybridized carbons (Fsp3) is 0.250. The Kier molecular flexibility index (Phi) is 5.73. The standard InChI is InChI=1S/C16H19N.ClH/c1-13(2)15-8-10-16(11-9-15)17-12-14-6-4-3-5-7-14;/h3-11,13,17H,12H2,1-2H3;1H. The third-order valence-corrected chi connectivity index (χ3v) is 2.92. The van der Waals surface area contributed by atoms with Gasteiger partial charge in [-0.25, -0.2) is 0 Å². The summed E-state index contributed by atoms with van der Waals surface area (Å²) < 4.78 is 0. The molecular formula is C16H20ClN. The van der Waals surface area contributed by atoms with Crippen molar-refractivity contribution >= 4 is 18.1 Å². The fourth-order valence-corrected chi connectivity index (χ4v) is 1.79. The van der Waals surface area contributed by atoms with Crippen molar-refractivity contribution in [2.45, 2.75) is 26.3 Å². The van der Waals surface area contributed by atoms with Crippen molar-refractivity contribution in [3.05, 3.63) is 65.7 Å². The van der Waals surface area contributed by atoms with Crippen LogP contribution in [0.4, 0.5) is 5.69 Å². The van der Waals surface area contributed by atoms with Gasteiger partial charge in [-0.05, 0) is 29.2 Å². The Hall–Kier alpha value is -1.47. The van der Waals surface area contributed by atoms with Gasteiger partial charge in [0, 0.05) is 12.2 Å². The Morgan fingerprint density at radius 3 is 2.06 bits per heavy atom. The summed E-state index contributed by atoms with van der Waals surface area (Å²) >= 11 is 0. The lowest BCUT2D eigenvalue weighted by Gasteiger charge is -2.09. The lowest BCUT2D eigenvalue weighted by atomic mass is 10.0. The van der Waals surface area contributed by atoms with E-state index in [0.717, 1.165) is 6.54 Å². The molecule has 0 atom stereocenters. The van der Waals surface area contributed by atoms with Crippen LogP contribution >= 0.6 is 12.4 Å². The van der Waals surface area contributed by atoms with Crippen LogP contribution in [0.25, 0.3) is 0 Å². The van der Waals surface area contributed by atoms with E-state index in [1.807, 2.05) is 6.07 Å². The van der Waals surface area contributed by atoms with E-state index in [4.69, 9.17) is 0 Å². The van der Waals surface area contributed by atoms with Crippen molar-refractivity contribution in [3.8, 4) is 0 Å². The Morgan fingerprint density at radius 2 is 1.50 bits per heavy atom. The van der Waals surface area contributed by atoms with E-state index in [1.54, 1.807) is 0 Å². The zero-order valence-electron chi connectivity index (χ0n) is 10.9. The number of rotatable bonds is 4. The minimum absolute atomic E-state index is 0. The van der Waals surface area contributed by atoms with E-state index in [-0.39, 0.29) is 12.4 Å². The first-order chi connectivity index (χ1) is 8.25. The van der Waals surface area contributed by atoms with Crippen LogP contribution in [0.2, 0.25) is 0 Å². The Balaban J connectivity index is 0.00000162. The molecule has 2 aromatic carbocycles. The van der Waals surface area contributed by atoms with E-state index < -0.39 is 0 Å². The van der Waals surface area contributed by atoms with Gasteiger partial charge in [-0.3, -0.25) is 0 Å². The zero-order chi connectivity index (χ0) is 12.1. The molecule has 0 saturated heterocycles. The molecule has 0 aliphatic rings. The molecule has 0 heterocycles. The van der Waals surface area contributed by atoms with Gasteiger partial charge >= 0.3 is 0 Å². The molecule has 0 aliphatic heterocycles. The maximum absolute atomic E-state index is 3.43. The van der Waals surface area contributed by atoms with Crippen LogP contribution in [-0.4, -0.2) is 0 Å². The second kappa shape index (κ2) is 7.07. The third-order valence-electron chi connectivity index (χ3n) is 2.92. The maximum atomic E-state index is 3.43. The van der Waals surface area contributed by atoms with Crippen LogP contribution in [0.1, 0.15) is 30.9 Å². The van der Waals surface area contributed by atoms with Crippen molar-refractivity contribution in [3.63, 3.8) is 0 Å². The minimum Gasteiger partial charge on any atom is -0.381 e. The number of anilines is 1. The second-order valence-corrected chi connectivity index (χ2v) is 4.62. The molecule has 18 heavy (non-hydrogen) atoms. The molecular weight excluding hydrogens is 242 g/mol. The molecule has 0 radical (unpaired) electrons. The molecule has 0 aromatic heterocycles. The van der Waals surface area contributed by atoms with Crippen LogP contribution in [0.5, 0.6) is 0 Å². The number of hydrogen-bond acceptors (Lipinski definition) is 1. The van der Waals surface area contributed by atoms with E-state index in [0.29, 0.717) is 5.92 Å². The molecule has 0 amide bonds. The van der Waals surface area contributed by atoms with Crippen molar-refractivity contribution in [1.29, 1.82) is 0 Å². The molecule has 0 fully saturated rings. The average Bonchev–Trinajstić information content (AvgIpc) is 2.38. The van der Waals surface area contributed by atoms with Crippen molar-refractivity contribution in [2.24, 2.45) is 0 Å². The quantitative estimate of drug-likeness (QED) is 0.830. The highest BCUT2D eigenvalue weighted by Crippen LogP contribution is 2.17. The SMILES string of the molecule is CC(C)c1ccc(NCc2ccccc2)cc1.Cl. The van der Waals surface area contributed by atoms with Gasteiger partial charge < -0.3 is 5.32 Å². The Bertz CT molecular complexity index is 448. The largest absolute Gasteiger partial charge is 0.381 e. The minimum atomic E-state index is 0. The first-order valence-electron chi connectivity index (χ1n) is 6.13. The first kappa shape index (κ1) is 14.6. The van der Waals surface area contributed by atoms with Crippen LogP contribution < -0.4 is 5.32 Å². The molecule has 0 spiro atoms. The summed E-state index contributed by atoms with van der Waals surface area (Å²) in [6.07, 6.45) is 0. The number of benzene rings is 2. The highest BCUT2D eigenvalue weighted by Gasteiger charge is 1.98. The second-order valence-electron chi connectivity index (χ2n) is 4.62. The predicted octanol–water partition coefficient (Wildman–Crippen LogP) is 4.84. The van der Waals surface area contributed by atoms with Crippen molar-refractivity contribution in [2.75, 3.05) is 5.32 Å². The fourth-order valence-electron chi connectivity index (χ4n) is 1.79. The molecule has 0 bridgehead atoms. The number of nitrogens with one attached hydrogen (secondary N) is 1. The van der Waals surface area contributed by atoms with Gasteiger partial charge in [-0.1, -0.05) is 56.3 Å². The summed E-state index contributed by atoms with van der Waals surface area (Å²) in [6.45, 7) is 5.31. The van der Waals surface area contributed by atoms with Crippen LogP contribution in [0.3, 0.4) is 0 Å². The first-order valence-corrected chi connectivity index (χ1v) is 6.13. The Morgan fingerprint density at radius 1 is 0.889 bits per heavy atom. The highest BCUT2D eigenvalue weighted by atomic mass is 35.5. The summed E-state index contributed by atoms with van der Waals surface area (Å²) in [6, 6.07) is 19.1.